The van der Waals surface area contributed by atoms with Gasteiger partial charge in [-0.25, -0.2) is 0 Å². The number of fused-ring (bicyclic) bond motifs is 6. The maximum absolute atomic E-state index is 14.9. The average Bonchev–Trinajstić information content (AvgIpc) is 3.62. The third-order valence-corrected chi connectivity index (χ3v) is 10.3. The molecular weight excluding hydrogens is 682 g/mol. The van der Waals surface area contributed by atoms with E-state index < -0.39 is 23.5 Å². The number of para-hydroxylation sites is 2. The highest BCUT2D eigenvalue weighted by atomic mass is 19.4. The number of benzene rings is 6. The SMILES string of the molecule is CC(C)c1ccc2c3ccccc3n(-c3cc(-c4ccc(C(F)(F)F)c(-n5c6ccccc6c6ccc(C(C)(C)C)cc65)c4)ccc3C(F)(F)F)c2c1. The molecule has 0 N–H and O–H groups in total. The Morgan fingerprint density at radius 1 is 0.453 bits per heavy atom. The highest BCUT2D eigenvalue weighted by Gasteiger charge is 2.37. The number of nitrogens with zero attached hydrogens (tertiary/aromatic N) is 2. The molecule has 6 aromatic carbocycles. The predicted octanol–water partition coefficient (Wildman–Crippen LogP) is 14.0. The lowest BCUT2D eigenvalue weighted by Crippen LogP contribution is -2.13. The third-order valence-electron chi connectivity index (χ3n) is 10.3. The lowest BCUT2D eigenvalue weighted by Gasteiger charge is -2.21. The molecule has 2 aromatic heterocycles. The Bertz CT molecular complexity index is 2720. The second-order valence-electron chi connectivity index (χ2n) is 15.1. The highest BCUT2D eigenvalue weighted by Crippen LogP contribution is 2.44. The second-order valence-corrected chi connectivity index (χ2v) is 15.1. The van der Waals surface area contributed by atoms with Crippen molar-refractivity contribution in [2.45, 2.75) is 58.3 Å². The van der Waals surface area contributed by atoms with Crippen molar-refractivity contribution in [3.05, 3.63) is 144 Å². The summed E-state index contributed by atoms with van der Waals surface area (Å²) in [5.41, 5.74) is 2.88. The van der Waals surface area contributed by atoms with Gasteiger partial charge < -0.3 is 9.13 Å². The Balaban J connectivity index is 1.43. The summed E-state index contributed by atoms with van der Waals surface area (Å²) < 4.78 is 92.7. The van der Waals surface area contributed by atoms with Gasteiger partial charge in [-0.15, -0.1) is 0 Å². The minimum atomic E-state index is -4.71. The Morgan fingerprint density at radius 2 is 0.887 bits per heavy atom. The fourth-order valence-corrected chi connectivity index (χ4v) is 7.57. The first-order chi connectivity index (χ1) is 25.0. The quantitative estimate of drug-likeness (QED) is 0.160. The van der Waals surface area contributed by atoms with Gasteiger partial charge in [0.2, 0.25) is 0 Å². The van der Waals surface area contributed by atoms with E-state index in [1.54, 1.807) is 33.4 Å². The van der Waals surface area contributed by atoms with Crippen LogP contribution in [-0.4, -0.2) is 9.13 Å². The van der Waals surface area contributed by atoms with Gasteiger partial charge in [0.05, 0.1) is 44.6 Å². The summed E-state index contributed by atoms with van der Waals surface area (Å²) >= 11 is 0. The molecule has 0 saturated carbocycles. The summed E-state index contributed by atoms with van der Waals surface area (Å²) in [6.45, 7) is 10.2. The van der Waals surface area contributed by atoms with Crippen molar-refractivity contribution in [3.8, 4) is 22.5 Å². The molecule has 0 aliphatic rings. The topological polar surface area (TPSA) is 9.86 Å². The average molecular weight is 719 g/mol. The van der Waals surface area contributed by atoms with Gasteiger partial charge in [0.1, 0.15) is 0 Å². The minimum Gasteiger partial charge on any atom is -0.309 e. The van der Waals surface area contributed by atoms with Crippen molar-refractivity contribution < 1.29 is 26.3 Å². The van der Waals surface area contributed by atoms with Crippen molar-refractivity contribution in [2.24, 2.45) is 0 Å². The molecule has 2 heterocycles. The molecule has 0 amide bonds. The van der Waals surface area contributed by atoms with Crippen molar-refractivity contribution >= 4 is 43.6 Å². The Kier molecular flexibility index (Phi) is 7.84. The molecule has 8 heteroatoms. The molecule has 0 fully saturated rings. The largest absolute Gasteiger partial charge is 0.418 e. The van der Waals surface area contributed by atoms with Gasteiger partial charge in [0.15, 0.2) is 0 Å². The molecule has 8 aromatic rings. The van der Waals surface area contributed by atoms with E-state index in [4.69, 9.17) is 0 Å². The normalized spacial score (nSPS) is 13.0. The monoisotopic (exact) mass is 718 g/mol. The minimum absolute atomic E-state index is 0.102. The number of halogens is 6. The van der Waals surface area contributed by atoms with Crippen LogP contribution in [0.2, 0.25) is 0 Å². The smallest absolute Gasteiger partial charge is 0.309 e. The number of aromatic nitrogens is 2. The van der Waals surface area contributed by atoms with E-state index in [1.165, 1.54) is 24.3 Å². The van der Waals surface area contributed by atoms with Gasteiger partial charge in [0, 0.05) is 21.5 Å². The molecule has 53 heavy (non-hydrogen) atoms. The third kappa shape index (κ3) is 5.75. The maximum Gasteiger partial charge on any atom is 0.418 e. The van der Waals surface area contributed by atoms with Crippen LogP contribution in [-0.2, 0) is 17.8 Å². The molecule has 268 valence electrons. The molecule has 0 atom stereocenters. The zero-order chi connectivity index (χ0) is 37.6. The van der Waals surface area contributed by atoms with Crippen LogP contribution in [0, 0.1) is 0 Å². The van der Waals surface area contributed by atoms with Crippen LogP contribution in [0.25, 0.3) is 66.1 Å². The molecule has 0 bridgehead atoms. The Morgan fingerprint density at radius 3 is 1.34 bits per heavy atom. The van der Waals surface area contributed by atoms with E-state index in [-0.39, 0.29) is 22.7 Å². The van der Waals surface area contributed by atoms with Gasteiger partial charge in [-0.2, -0.15) is 26.3 Å². The zero-order valence-electron chi connectivity index (χ0n) is 29.8. The van der Waals surface area contributed by atoms with Crippen LogP contribution in [0.3, 0.4) is 0 Å². The molecule has 8 rings (SSSR count). The standard InChI is InChI=1S/C45H36F6N2/c1-26(2)27-14-18-33-31-10-6-8-12-37(31)52(39(33)22-27)41-23-28(15-20-35(41)44(46,47)48)29-16-21-36(45(49,50)51)42(24-29)53-38-13-9-7-11-32(38)34-19-17-30(25-40(34)53)43(3,4)5/h6-26H,1-5H3. The fraction of sp³-hybridized carbons (Fsp3) is 0.200. The molecule has 0 aliphatic carbocycles. The summed E-state index contributed by atoms with van der Waals surface area (Å²) in [4.78, 5) is 0. The Labute approximate surface area is 302 Å². The zero-order valence-corrected chi connectivity index (χ0v) is 29.8. The predicted molar refractivity (Wildman–Crippen MR) is 203 cm³/mol. The van der Waals surface area contributed by atoms with Gasteiger partial charge in [-0.3, -0.25) is 0 Å². The number of alkyl halides is 6. The van der Waals surface area contributed by atoms with E-state index in [0.29, 0.717) is 33.2 Å². The molecule has 0 aliphatic heterocycles. The van der Waals surface area contributed by atoms with Crippen LogP contribution in [0.5, 0.6) is 0 Å². The summed E-state index contributed by atoms with van der Waals surface area (Å²) in [5.74, 6) is 0.130. The molecule has 0 saturated heterocycles. The summed E-state index contributed by atoms with van der Waals surface area (Å²) in [5, 5.41) is 3.21. The van der Waals surface area contributed by atoms with Gasteiger partial charge in [0.25, 0.3) is 0 Å². The van der Waals surface area contributed by atoms with E-state index in [9.17, 15) is 26.3 Å². The van der Waals surface area contributed by atoms with Gasteiger partial charge >= 0.3 is 12.4 Å². The molecular formula is C45H36F6N2. The summed E-state index contributed by atoms with van der Waals surface area (Å²) in [6.07, 6.45) is -9.42. The lowest BCUT2D eigenvalue weighted by molar-refractivity contribution is -0.138. The first kappa shape index (κ1) is 34.6. The lowest BCUT2D eigenvalue weighted by atomic mass is 9.86. The van der Waals surface area contributed by atoms with Gasteiger partial charge in [-0.05, 0) is 82.1 Å². The van der Waals surface area contributed by atoms with Crippen molar-refractivity contribution in [2.75, 3.05) is 0 Å². The van der Waals surface area contributed by atoms with Crippen LogP contribution < -0.4 is 0 Å². The number of hydrogen-bond acceptors (Lipinski definition) is 0. The highest BCUT2D eigenvalue weighted by molar-refractivity contribution is 6.10. The fourth-order valence-electron chi connectivity index (χ4n) is 7.57. The molecule has 2 nitrogen and oxygen atoms in total. The van der Waals surface area contributed by atoms with Crippen LogP contribution in [0.1, 0.15) is 62.8 Å². The Hall–Kier alpha value is -5.50. The number of rotatable bonds is 4. The van der Waals surface area contributed by atoms with Gasteiger partial charge in [-0.1, -0.05) is 107 Å². The first-order valence-corrected chi connectivity index (χ1v) is 17.5. The van der Waals surface area contributed by atoms with Crippen LogP contribution in [0.4, 0.5) is 26.3 Å². The van der Waals surface area contributed by atoms with E-state index in [2.05, 4.69) is 0 Å². The van der Waals surface area contributed by atoms with E-state index in [0.717, 1.165) is 44.8 Å². The van der Waals surface area contributed by atoms with Crippen LogP contribution in [0.15, 0.2) is 121 Å². The van der Waals surface area contributed by atoms with Crippen molar-refractivity contribution in [3.63, 3.8) is 0 Å². The summed E-state index contributed by atoms with van der Waals surface area (Å²) in [7, 11) is 0. The van der Waals surface area contributed by atoms with Crippen molar-refractivity contribution in [1.29, 1.82) is 0 Å². The summed E-state index contributed by atoms with van der Waals surface area (Å²) in [6, 6.07) is 34.1. The maximum atomic E-state index is 14.9. The van der Waals surface area contributed by atoms with E-state index >= 15 is 0 Å². The molecule has 0 radical (unpaired) electrons. The van der Waals surface area contributed by atoms with Crippen LogP contribution >= 0.6 is 0 Å². The first-order valence-electron chi connectivity index (χ1n) is 17.5. The van der Waals surface area contributed by atoms with Crippen molar-refractivity contribution in [1.82, 2.24) is 9.13 Å². The van der Waals surface area contributed by atoms with E-state index in [1.807, 2.05) is 95.3 Å². The second kappa shape index (κ2) is 12.0. The molecule has 0 unspecified atom stereocenters. The number of hydrogen-bond donors (Lipinski definition) is 0. The molecule has 0 spiro atoms.